The molecule has 2 aromatic rings. The molecule has 2 aliphatic rings. The Balaban J connectivity index is 0.00000141. The first-order chi connectivity index (χ1) is 15.6. The SMILES string of the molecule is CC.CNCCOC(C)CN1C2CCC1CN(c1cc(-c3ccccc3O)nnc1N)C2. The minimum atomic E-state index is 0.194. The summed E-state index contributed by atoms with van der Waals surface area (Å²) in [5.41, 5.74) is 8.42. The third-order valence-corrected chi connectivity index (χ3v) is 6.18. The van der Waals surface area contributed by atoms with Gasteiger partial charge in [-0.3, -0.25) is 4.90 Å². The largest absolute Gasteiger partial charge is 0.507 e. The number of aromatic hydroxyl groups is 1. The highest BCUT2D eigenvalue weighted by Gasteiger charge is 2.41. The van der Waals surface area contributed by atoms with Gasteiger partial charge in [-0.15, -0.1) is 10.2 Å². The van der Waals surface area contributed by atoms with E-state index in [2.05, 4.69) is 32.2 Å². The molecule has 0 amide bonds. The van der Waals surface area contributed by atoms with E-state index in [4.69, 9.17) is 10.5 Å². The lowest BCUT2D eigenvalue weighted by atomic mass is 10.1. The number of hydrogen-bond acceptors (Lipinski definition) is 8. The lowest BCUT2D eigenvalue weighted by Gasteiger charge is -2.43. The van der Waals surface area contributed by atoms with Gasteiger partial charge in [0.25, 0.3) is 0 Å². The number of phenols is 1. The minimum absolute atomic E-state index is 0.194. The van der Waals surface area contributed by atoms with Crippen LogP contribution < -0.4 is 16.0 Å². The quantitative estimate of drug-likeness (QED) is 0.537. The van der Waals surface area contributed by atoms with Gasteiger partial charge < -0.3 is 25.8 Å². The van der Waals surface area contributed by atoms with E-state index < -0.39 is 0 Å². The average molecular weight is 443 g/mol. The Labute approximate surface area is 191 Å². The number of nitrogens with zero attached hydrogens (tertiary/aromatic N) is 4. The zero-order valence-corrected chi connectivity index (χ0v) is 19.8. The molecule has 1 aromatic heterocycles. The van der Waals surface area contributed by atoms with E-state index in [9.17, 15) is 5.11 Å². The summed E-state index contributed by atoms with van der Waals surface area (Å²) in [5, 5.41) is 21.7. The summed E-state index contributed by atoms with van der Waals surface area (Å²) in [6.07, 6.45) is 2.60. The fraction of sp³-hybridized carbons (Fsp3) is 0.583. The molecule has 176 valence electrons. The number of nitrogen functional groups attached to an aromatic ring is 1. The fourth-order valence-electron chi connectivity index (χ4n) is 4.66. The molecule has 8 nitrogen and oxygen atoms in total. The molecule has 4 rings (SSSR count). The first-order valence-electron chi connectivity index (χ1n) is 11.7. The first kappa shape index (κ1) is 24.2. The van der Waals surface area contributed by atoms with Crippen LogP contribution in [0.3, 0.4) is 0 Å². The summed E-state index contributed by atoms with van der Waals surface area (Å²) in [6, 6.07) is 10.1. The molecule has 0 spiro atoms. The maximum absolute atomic E-state index is 10.2. The van der Waals surface area contributed by atoms with Crippen LogP contribution in [0.5, 0.6) is 5.75 Å². The summed E-state index contributed by atoms with van der Waals surface area (Å²) in [5.74, 6) is 0.630. The molecule has 3 atom stereocenters. The van der Waals surface area contributed by atoms with Crippen molar-refractivity contribution in [2.24, 2.45) is 0 Å². The highest BCUT2D eigenvalue weighted by Crippen LogP contribution is 2.36. The molecule has 0 saturated carbocycles. The molecule has 1 aromatic carbocycles. The normalized spacial score (nSPS) is 21.2. The lowest BCUT2D eigenvalue weighted by molar-refractivity contribution is 0.0229. The Kier molecular flexibility index (Phi) is 8.67. The summed E-state index contributed by atoms with van der Waals surface area (Å²) < 4.78 is 5.94. The summed E-state index contributed by atoms with van der Waals surface area (Å²) in [7, 11) is 1.94. The van der Waals surface area contributed by atoms with Crippen LogP contribution in [0.4, 0.5) is 11.5 Å². The predicted octanol–water partition coefficient (Wildman–Crippen LogP) is 2.74. The number of rotatable bonds is 8. The molecule has 2 bridgehead atoms. The van der Waals surface area contributed by atoms with E-state index in [1.165, 1.54) is 12.8 Å². The van der Waals surface area contributed by atoms with Crippen molar-refractivity contribution in [3.05, 3.63) is 30.3 Å². The van der Waals surface area contributed by atoms with Gasteiger partial charge in [0.1, 0.15) is 5.75 Å². The number of aromatic nitrogens is 2. The van der Waals surface area contributed by atoms with Crippen LogP contribution >= 0.6 is 0 Å². The Morgan fingerprint density at radius 3 is 2.53 bits per heavy atom. The van der Waals surface area contributed by atoms with Gasteiger partial charge in [-0.05, 0) is 45.0 Å². The molecule has 0 radical (unpaired) electrons. The smallest absolute Gasteiger partial charge is 0.169 e. The molecule has 4 N–H and O–H groups in total. The van der Waals surface area contributed by atoms with E-state index >= 15 is 0 Å². The number of nitrogens with two attached hydrogens (primary N) is 1. The maximum atomic E-state index is 10.2. The number of para-hydroxylation sites is 1. The van der Waals surface area contributed by atoms with E-state index in [0.717, 1.165) is 38.5 Å². The summed E-state index contributed by atoms with van der Waals surface area (Å²) in [4.78, 5) is 4.94. The first-order valence-corrected chi connectivity index (χ1v) is 11.7. The van der Waals surface area contributed by atoms with Crippen molar-refractivity contribution in [2.45, 2.75) is 51.8 Å². The summed E-state index contributed by atoms with van der Waals surface area (Å²) >= 11 is 0. The molecule has 2 fully saturated rings. The van der Waals surface area contributed by atoms with Gasteiger partial charge in [-0.25, -0.2) is 0 Å². The second kappa shape index (κ2) is 11.4. The molecule has 32 heavy (non-hydrogen) atoms. The highest BCUT2D eigenvalue weighted by molar-refractivity contribution is 5.74. The van der Waals surface area contributed by atoms with Crippen molar-refractivity contribution in [1.82, 2.24) is 20.4 Å². The Bertz CT molecular complexity index is 850. The number of ether oxygens (including phenoxy) is 1. The molecule has 2 aliphatic heterocycles. The van der Waals surface area contributed by atoms with Crippen LogP contribution in [0, 0.1) is 0 Å². The predicted molar refractivity (Wildman–Crippen MR) is 130 cm³/mol. The third kappa shape index (κ3) is 5.49. The number of benzene rings is 1. The van der Waals surface area contributed by atoms with Gasteiger partial charge in [-0.2, -0.15) is 0 Å². The van der Waals surface area contributed by atoms with Crippen molar-refractivity contribution < 1.29 is 9.84 Å². The second-order valence-electron chi connectivity index (χ2n) is 8.29. The number of likely N-dealkylation sites (N-methyl/N-ethyl adjacent to an activating group) is 1. The second-order valence-corrected chi connectivity index (χ2v) is 8.29. The molecule has 3 heterocycles. The van der Waals surface area contributed by atoms with Gasteiger partial charge in [0.05, 0.1) is 24.1 Å². The van der Waals surface area contributed by atoms with E-state index in [1.807, 2.05) is 39.1 Å². The van der Waals surface area contributed by atoms with Crippen molar-refractivity contribution in [3.63, 3.8) is 0 Å². The molecular weight excluding hydrogens is 404 g/mol. The zero-order valence-electron chi connectivity index (χ0n) is 19.8. The van der Waals surface area contributed by atoms with Gasteiger partial charge in [0, 0.05) is 43.8 Å². The maximum Gasteiger partial charge on any atom is 0.169 e. The number of piperazine rings is 1. The Hall–Kier alpha value is -2.42. The topological polar surface area (TPSA) is 99.8 Å². The molecule has 3 unspecified atom stereocenters. The van der Waals surface area contributed by atoms with E-state index in [0.29, 0.717) is 29.2 Å². The number of hydrogen-bond donors (Lipinski definition) is 3. The van der Waals surface area contributed by atoms with Crippen molar-refractivity contribution in [2.75, 3.05) is 50.5 Å². The molecule has 0 aliphatic carbocycles. The van der Waals surface area contributed by atoms with E-state index in [-0.39, 0.29) is 11.9 Å². The van der Waals surface area contributed by atoms with Crippen molar-refractivity contribution in [3.8, 4) is 17.0 Å². The van der Waals surface area contributed by atoms with Crippen LogP contribution in [0.15, 0.2) is 30.3 Å². The monoisotopic (exact) mass is 442 g/mol. The van der Waals surface area contributed by atoms with Crippen LogP contribution in [0.25, 0.3) is 11.3 Å². The highest BCUT2D eigenvalue weighted by atomic mass is 16.5. The molecular formula is C24H38N6O2. The van der Waals surface area contributed by atoms with Gasteiger partial charge >= 0.3 is 0 Å². The Morgan fingerprint density at radius 2 is 1.88 bits per heavy atom. The Morgan fingerprint density at radius 1 is 1.19 bits per heavy atom. The van der Waals surface area contributed by atoms with Crippen LogP contribution in [-0.4, -0.2) is 78.2 Å². The van der Waals surface area contributed by atoms with Crippen LogP contribution in [-0.2, 0) is 4.74 Å². The minimum Gasteiger partial charge on any atom is -0.507 e. The standard InChI is InChI=1S/C22H32N6O2.C2H6/c1-15(30-10-9-24-2)12-28-16-7-8-17(28)14-27(13-16)20-11-19(25-26-22(20)23)18-5-3-4-6-21(18)29;1-2/h3-6,11,15-17,24,29H,7-10,12-14H2,1-2H3,(H2,23,26);1-2H3. The number of fused-ring (bicyclic) bond motifs is 2. The van der Waals surface area contributed by atoms with Crippen LogP contribution in [0.1, 0.15) is 33.6 Å². The molecule has 2 saturated heterocycles. The zero-order chi connectivity index (χ0) is 23.1. The number of anilines is 2. The van der Waals surface area contributed by atoms with Gasteiger partial charge in [-0.1, -0.05) is 26.0 Å². The van der Waals surface area contributed by atoms with Crippen molar-refractivity contribution in [1.29, 1.82) is 0 Å². The summed E-state index contributed by atoms with van der Waals surface area (Å²) in [6.45, 7) is 10.6. The van der Waals surface area contributed by atoms with Gasteiger partial charge in [0.2, 0.25) is 0 Å². The lowest BCUT2D eigenvalue weighted by Crippen LogP contribution is -2.55. The molecule has 8 heteroatoms. The van der Waals surface area contributed by atoms with Crippen LogP contribution in [0.2, 0.25) is 0 Å². The number of nitrogens with one attached hydrogen (secondary N) is 1. The van der Waals surface area contributed by atoms with Gasteiger partial charge in [0.15, 0.2) is 5.82 Å². The van der Waals surface area contributed by atoms with Crippen molar-refractivity contribution >= 4 is 11.5 Å². The fourth-order valence-corrected chi connectivity index (χ4v) is 4.66. The third-order valence-electron chi connectivity index (χ3n) is 6.18. The average Bonchev–Trinajstić information content (AvgIpc) is 3.03. The van der Waals surface area contributed by atoms with E-state index in [1.54, 1.807) is 12.1 Å². The number of phenolic OH excluding ortho intramolecular Hbond substituents is 1.